The van der Waals surface area contributed by atoms with Crippen molar-refractivity contribution in [3.8, 4) is 0 Å². The second-order valence-electron chi connectivity index (χ2n) is 8.81. The average Bonchev–Trinajstić information content (AvgIpc) is 3.32. The Labute approximate surface area is 174 Å². The quantitative estimate of drug-likeness (QED) is 0.757. The third-order valence-corrected chi connectivity index (χ3v) is 5.28. The van der Waals surface area contributed by atoms with Crippen LogP contribution in [0.15, 0.2) is 18.5 Å². The number of rotatable bonds is 5. The van der Waals surface area contributed by atoms with Crippen molar-refractivity contribution in [2.45, 2.75) is 64.3 Å². The first-order valence-corrected chi connectivity index (χ1v) is 10.0. The normalized spacial score (nSPS) is 30.0. The van der Waals surface area contributed by atoms with Crippen LogP contribution in [0.25, 0.3) is 5.52 Å². The summed E-state index contributed by atoms with van der Waals surface area (Å²) in [6.45, 7) is 9.49. The van der Waals surface area contributed by atoms with Gasteiger partial charge in [-0.15, -0.1) is 0 Å². The predicted octanol–water partition coefficient (Wildman–Crippen LogP) is 2.28. The van der Waals surface area contributed by atoms with Crippen LogP contribution in [0.4, 0.5) is 10.6 Å². The topological polar surface area (TPSA) is 116 Å². The van der Waals surface area contributed by atoms with E-state index in [1.54, 1.807) is 17.5 Å². The molecule has 4 atom stereocenters. The molecular formula is C20H28N4O6. The molecule has 2 aromatic rings. The lowest BCUT2D eigenvalue weighted by atomic mass is 9.97. The molecule has 1 amide bonds. The van der Waals surface area contributed by atoms with Gasteiger partial charge in [0, 0.05) is 0 Å². The van der Waals surface area contributed by atoms with E-state index in [2.05, 4.69) is 15.4 Å². The van der Waals surface area contributed by atoms with Crippen LogP contribution in [0.5, 0.6) is 0 Å². The van der Waals surface area contributed by atoms with E-state index in [-0.39, 0.29) is 12.5 Å². The molecule has 30 heavy (non-hydrogen) atoms. The van der Waals surface area contributed by atoms with Gasteiger partial charge in [-0.1, -0.05) is 13.8 Å². The van der Waals surface area contributed by atoms with Gasteiger partial charge in [-0.2, -0.15) is 5.10 Å². The number of nitrogens with zero attached hydrogens (tertiary/aromatic N) is 3. The first-order chi connectivity index (χ1) is 14.1. The lowest BCUT2D eigenvalue weighted by Crippen LogP contribution is -2.43. The summed E-state index contributed by atoms with van der Waals surface area (Å²) in [6, 6.07) is 3.63. The van der Waals surface area contributed by atoms with Crippen molar-refractivity contribution in [2.24, 2.45) is 5.92 Å². The monoisotopic (exact) mass is 420 g/mol. The van der Waals surface area contributed by atoms with Crippen molar-refractivity contribution in [3.63, 3.8) is 0 Å². The number of hydrogen-bond acceptors (Lipinski definition) is 8. The van der Waals surface area contributed by atoms with Crippen LogP contribution in [-0.2, 0) is 18.9 Å². The van der Waals surface area contributed by atoms with E-state index in [4.69, 9.17) is 18.9 Å². The van der Waals surface area contributed by atoms with Gasteiger partial charge in [-0.25, -0.2) is 14.3 Å². The Morgan fingerprint density at radius 3 is 2.77 bits per heavy atom. The first-order valence-electron chi connectivity index (χ1n) is 10.0. The number of carbonyl (C=O) groups is 1. The largest absolute Gasteiger partial charge is 0.449 e. The number of anilines is 1. The molecule has 10 heteroatoms. The molecule has 0 aliphatic carbocycles. The second-order valence-corrected chi connectivity index (χ2v) is 8.81. The Hall–Kier alpha value is -2.27. The Kier molecular flexibility index (Phi) is 5.21. The summed E-state index contributed by atoms with van der Waals surface area (Å²) < 4.78 is 25.1. The minimum Gasteiger partial charge on any atom is -0.449 e. The van der Waals surface area contributed by atoms with Crippen LogP contribution in [0, 0.1) is 5.92 Å². The van der Waals surface area contributed by atoms with Gasteiger partial charge in [-0.3, -0.25) is 5.32 Å². The molecular weight excluding hydrogens is 392 g/mol. The Morgan fingerprint density at radius 1 is 1.30 bits per heavy atom. The fourth-order valence-corrected chi connectivity index (χ4v) is 3.90. The average molecular weight is 420 g/mol. The number of carbonyl (C=O) groups excluding carboxylic acids is 1. The summed E-state index contributed by atoms with van der Waals surface area (Å²) in [5.41, 5.74) is 0.381. The number of hydrogen-bond donors (Lipinski definition) is 2. The molecule has 0 aromatic carbocycles. The molecule has 2 aromatic heterocycles. The number of ether oxygens (including phenoxy) is 4. The van der Waals surface area contributed by atoms with E-state index in [0.29, 0.717) is 23.6 Å². The zero-order chi connectivity index (χ0) is 21.7. The Morgan fingerprint density at radius 2 is 2.07 bits per heavy atom. The lowest BCUT2D eigenvalue weighted by molar-refractivity contribution is -0.213. The van der Waals surface area contributed by atoms with Crippen molar-refractivity contribution in [3.05, 3.63) is 24.2 Å². The molecule has 0 unspecified atom stereocenters. The minimum absolute atomic E-state index is 0.211. The lowest BCUT2D eigenvalue weighted by Gasteiger charge is -2.29. The van der Waals surface area contributed by atoms with Gasteiger partial charge in [-0.05, 0) is 38.8 Å². The summed E-state index contributed by atoms with van der Waals surface area (Å²) >= 11 is 0. The van der Waals surface area contributed by atoms with E-state index in [1.807, 2.05) is 33.8 Å². The SMILES string of the molecule is CC(C)COC(=O)Nc1ncnn2c([C@@H]3O[C@](C)(CO)[C@H]4OC(C)(C)O[C@@H]34)ccc12. The van der Waals surface area contributed by atoms with Gasteiger partial charge < -0.3 is 24.1 Å². The van der Waals surface area contributed by atoms with E-state index >= 15 is 0 Å². The number of amides is 1. The highest BCUT2D eigenvalue weighted by Gasteiger charge is 2.61. The number of fused-ring (bicyclic) bond motifs is 2. The zero-order valence-corrected chi connectivity index (χ0v) is 17.8. The Balaban J connectivity index is 1.64. The predicted molar refractivity (Wildman–Crippen MR) is 106 cm³/mol. The summed E-state index contributed by atoms with van der Waals surface area (Å²) in [7, 11) is 0. The minimum atomic E-state index is -0.915. The first kappa shape index (κ1) is 21.0. The van der Waals surface area contributed by atoms with Crippen LogP contribution in [-0.4, -0.2) is 62.6 Å². The van der Waals surface area contributed by atoms with Crippen LogP contribution >= 0.6 is 0 Å². The van der Waals surface area contributed by atoms with Crippen LogP contribution in [0.2, 0.25) is 0 Å². The van der Waals surface area contributed by atoms with E-state index < -0.39 is 35.8 Å². The maximum atomic E-state index is 12.1. The van der Waals surface area contributed by atoms with Gasteiger partial charge in [0.05, 0.1) is 18.9 Å². The van der Waals surface area contributed by atoms with Gasteiger partial charge in [0.25, 0.3) is 0 Å². The van der Waals surface area contributed by atoms with Crippen LogP contribution in [0.3, 0.4) is 0 Å². The van der Waals surface area contributed by atoms with E-state index in [9.17, 15) is 9.90 Å². The molecule has 2 N–H and O–H groups in total. The highest BCUT2D eigenvalue weighted by atomic mass is 16.8. The van der Waals surface area contributed by atoms with Gasteiger partial charge in [0.2, 0.25) is 0 Å². The zero-order valence-electron chi connectivity index (χ0n) is 17.8. The second kappa shape index (κ2) is 7.45. The number of aliphatic hydroxyl groups excluding tert-OH is 1. The molecule has 0 spiro atoms. The van der Waals surface area contributed by atoms with Crippen molar-refractivity contribution in [2.75, 3.05) is 18.5 Å². The van der Waals surface area contributed by atoms with Crippen LogP contribution < -0.4 is 5.32 Å². The van der Waals surface area contributed by atoms with Gasteiger partial charge in [0.15, 0.2) is 11.6 Å². The van der Waals surface area contributed by atoms with Crippen molar-refractivity contribution < 1.29 is 28.8 Å². The molecule has 10 nitrogen and oxygen atoms in total. The van der Waals surface area contributed by atoms with Crippen molar-refractivity contribution >= 4 is 17.4 Å². The van der Waals surface area contributed by atoms with Gasteiger partial charge >= 0.3 is 6.09 Å². The molecule has 4 heterocycles. The third kappa shape index (κ3) is 3.64. The molecule has 2 saturated heterocycles. The molecule has 0 radical (unpaired) electrons. The molecule has 2 aliphatic heterocycles. The molecule has 2 aliphatic rings. The number of aromatic nitrogens is 3. The maximum absolute atomic E-state index is 12.1. The van der Waals surface area contributed by atoms with E-state index in [0.717, 1.165) is 0 Å². The smallest absolute Gasteiger partial charge is 0.412 e. The van der Waals surface area contributed by atoms with Gasteiger partial charge in [0.1, 0.15) is 35.8 Å². The molecule has 2 fully saturated rings. The highest BCUT2D eigenvalue weighted by molar-refractivity contribution is 5.88. The number of nitrogens with one attached hydrogen (secondary N) is 1. The summed E-state index contributed by atoms with van der Waals surface area (Å²) in [6.07, 6.45) is -0.600. The highest BCUT2D eigenvalue weighted by Crippen LogP contribution is 2.49. The fourth-order valence-electron chi connectivity index (χ4n) is 3.90. The summed E-state index contributed by atoms with van der Waals surface area (Å²) in [5.74, 6) is -0.233. The summed E-state index contributed by atoms with van der Waals surface area (Å²) in [5, 5.41) is 16.9. The fraction of sp³-hybridized carbons (Fsp3) is 0.650. The molecule has 0 saturated carbocycles. The standard InChI is InChI=1S/C20H28N4O6/c1-11(2)8-27-18(26)23-17-13-7-6-12(24(13)22-10-21-17)14-15-16(20(5,9-25)29-14)30-19(3,4)28-15/h6-7,10-11,14-16,25H,8-9H2,1-5H3,(H,21,22,23,26)/t14-,15-,16-,20+/m0/s1. The molecule has 4 rings (SSSR count). The molecule has 164 valence electrons. The maximum Gasteiger partial charge on any atom is 0.412 e. The van der Waals surface area contributed by atoms with E-state index in [1.165, 1.54) is 6.33 Å². The Bertz CT molecular complexity index is 945. The molecule has 0 bridgehead atoms. The van der Waals surface area contributed by atoms with Crippen LogP contribution in [0.1, 0.15) is 46.4 Å². The van der Waals surface area contributed by atoms with Crippen molar-refractivity contribution in [1.82, 2.24) is 14.6 Å². The third-order valence-electron chi connectivity index (χ3n) is 5.28. The van der Waals surface area contributed by atoms with Crippen molar-refractivity contribution in [1.29, 1.82) is 0 Å². The number of aliphatic hydroxyl groups is 1. The summed E-state index contributed by atoms with van der Waals surface area (Å²) in [4.78, 5) is 16.2.